The van der Waals surface area contributed by atoms with Crippen LogP contribution in [0.5, 0.6) is 0 Å². The Labute approximate surface area is 102 Å². The van der Waals surface area contributed by atoms with Crippen molar-refractivity contribution in [2.45, 2.75) is 13.8 Å². The molecule has 0 fully saturated rings. The number of aromatic nitrogens is 6. The lowest BCUT2D eigenvalue weighted by atomic mass is 10.3. The maximum Gasteiger partial charge on any atom is 0.199 e. The Hall–Kier alpha value is -1.95. The van der Waals surface area contributed by atoms with Crippen LogP contribution in [0.3, 0.4) is 0 Å². The summed E-state index contributed by atoms with van der Waals surface area (Å²) in [6, 6.07) is 1.83. The number of H-pyrrole nitrogens is 1. The molecular weight excluding hydrogens is 240 g/mol. The molecule has 0 aromatic carbocycles. The lowest BCUT2D eigenvalue weighted by molar-refractivity contribution is 0.986. The first-order valence-electron chi connectivity index (χ1n) is 5.06. The van der Waals surface area contributed by atoms with Crippen LogP contribution in [0.25, 0.3) is 17.2 Å². The number of fused-ring (bicyclic) bond motifs is 1. The molecule has 0 aliphatic carbocycles. The summed E-state index contributed by atoms with van der Waals surface area (Å²) in [7, 11) is 0. The second-order valence-electron chi connectivity index (χ2n) is 3.73. The molecule has 17 heavy (non-hydrogen) atoms. The van der Waals surface area contributed by atoms with Crippen LogP contribution in [0, 0.1) is 13.8 Å². The molecular formula is C10H9ClN6. The van der Waals surface area contributed by atoms with Crippen molar-refractivity contribution in [3.05, 3.63) is 28.8 Å². The van der Waals surface area contributed by atoms with Crippen LogP contribution < -0.4 is 0 Å². The van der Waals surface area contributed by atoms with E-state index < -0.39 is 0 Å². The third-order valence-corrected chi connectivity index (χ3v) is 2.97. The lowest BCUT2D eigenvalue weighted by Gasteiger charge is -2.05. The zero-order valence-corrected chi connectivity index (χ0v) is 10.0. The van der Waals surface area contributed by atoms with Gasteiger partial charge in [-0.1, -0.05) is 11.6 Å². The van der Waals surface area contributed by atoms with Gasteiger partial charge in [-0.05, 0) is 19.9 Å². The summed E-state index contributed by atoms with van der Waals surface area (Å²) >= 11 is 6.05. The van der Waals surface area contributed by atoms with Crippen LogP contribution in [-0.2, 0) is 0 Å². The molecule has 6 nitrogen and oxygen atoms in total. The Bertz CT molecular complexity index is 684. The molecule has 3 heterocycles. The summed E-state index contributed by atoms with van der Waals surface area (Å²) in [5.74, 6) is 0.683. The van der Waals surface area contributed by atoms with Crippen LogP contribution in [0.15, 0.2) is 12.3 Å². The molecule has 0 aliphatic rings. The number of aryl methyl sites for hydroxylation is 2. The number of nitrogens with one attached hydrogen (secondary N) is 1. The van der Waals surface area contributed by atoms with Crippen LogP contribution in [0.4, 0.5) is 0 Å². The molecule has 3 aromatic rings. The van der Waals surface area contributed by atoms with Crippen LogP contribution in [0.2, 0.25) is 5.15 Å². The van der Waals surface area contributed by atoms with E-state index in [0.717, 1.165) is 17.1 Å². The number of nitrogens with zero attached hydrogens (tertiary/aromatic N) is 5. The smallest absolute Gasteiger partial charge is 0.199 e. The maximum atomic E-state index is 6.05. The summed E-state index contributed by atoms with van der Waals surface area (Å²) in [5, 5.41) is 15.3. The molecule has 0 spiro atoms. The summed E-state index contributed by atoms with van der Waals surface area (Å²) in [4.78, 5) is 4.21. The Morgan fingerprint density at radius 1 is 1.29 bits per heavy atom. The fourth-order valence-electron chi connectivity index (χ4n) is 1.73. The first kappa shape index (κ1) is 10.2. The second kappa shape index (κ2) is 3.53. The van der Waals surface area contributed by atoms with Gasteiger partial charge in [-0.25, -0.2) is 4.98 Å². The Kier molecular flexibility index (Phi) is 2.12. The summed E-state index contributed by atoms with van der Waals surface area (Å²) < 4.78 is 1.87. The fourth-order valence-corrected chi connectivity index (χ4v) is 1.98. The quantitative estimate of drug-likeness (QED) is 0.713. The van der Waals surface area contributed by atoms with Crippen LogP contribution >= 0.6 is 11.6 Å². The highest BCUT2D eigenvalue weighted by Crippen LogP contribution is 2.22. The predicted octanol–water partition coefficient (Wildman–Crippen LogP) is 1.78. The predicted molar refractivity (Wildman–Crippen MR) is 62.8 cm³/mol. The molecule has 0 amide bonds. The van der Waals surface area contributed by atoms with Crippen molar-refractivity contribution in [2.75, 3.05) is 0 Å². The van der Waals surface area contributed by atoms with Gasteiger partial charge >= 0.3 is 0 Å². The first-order chi connectivity index (χ1) is 8.18. The highest BCUT2D eigenvalue weighted by atomic mass is 35.5. The second-order valence-corrected chi connectivity index (χ2v) is 4.08. The fraction of sp³-hybridized carbons (Fsp3) is 0.200. The minimum atomic E-state index is 0.353. The van der Waals surface area contributed by atoms with E-state index in [4.69, 9.17) is 11.6 Å². The Morgan fingerprint density at radius 2 is 2.12 bits per heavy atom. The van der Waals surface area contributed by atoms with Gasteiger partial charge in [0.15, 0.2) is 16.6 Å². The number of hydrogen-bond donors (Lipinski definition) is 1. The zero-order valence-electron chi connectivity index (χ0n) is 9.27. The highest BCUT2D eigenvalue weighted by molar-refractivity contribution is 6.32. The molecule has 0 aliphatic heterocycles. The van der Waals surface area contributed by atoms with Crippen molar-refractivity contribution in [1.82, 2.24) is 29.8 Å². The van der Waals surface area contributed by atoms with Gasteiger partial charge in [0.2, 0.25) is 0 Å². The first-order valence-corrected chi connectivity index (χ1v) is 5.44. The zero-order chi connectivity index (χ0) is 12.0. The highest BCUT2D eigenvalue weighted by Gasteiger charge is 2.15. The van der Waals surface area contributed by atoms with Gasteiger partial charge in [-0.3, -0.25) is 9.50 Å². The van der Waals surface area contributed by atoms with Crippen molar-refractivity contribution < 1.29 is 0 Å². The topological polar surface area (TPSA) is 71.8 Å². The Morgan fingerprint density at radius 3 is 2.82 bits per heavy atom. The molecule has 0 unspecified atom stereocenters. The minimum absolute atomic E-state index is 0.353. The van der Waals surface area contributed by atoms with E-state index in [1.807, 2.05) is 24.3 Å². The van der Waals surface area contributed by atoms with Gasteiger partial charge < -0.3 is 0 Å². The molecule has 1 N–H and O–H groups in total. The molecule has 0 atom stereocenters. The third-order valence-electron chi connectivity index (χ3n) is 2.71. The molecule has 86 valence electrons. The van der Waals surface area contributed by atoms with Gasteiger partial charge in [0, 0.05) is 11.9 Å². The van der Waals surface area contributed by atoms with Gasteiger partial charge in [0.05, 0.1) is 5.69 Å². The monoisotopic (exact) mass is 248 g/mol. The van der Waals surface area contributed by atoms with Crippen molar-refractivity contribution in [1.29, 1.82) is 0 Å². The molecule has 3 aromatic heterocycles. The molecule has 7 heteroatoms. The summed E-state index contributed by atoms with van der Waals surface area (Å²) in [6.45, 7) is 3.85. The van der Waals surface area contributed by atoms with Crippen LogP contribution in [0.1, 0.15) is 11.4 Å². The van der Waals surface area contributed by atoms with E-state index in [2.05, 4.69) is 25.4 Å². The Balaban J connectivity index is 2.42. The van der Waals surface area contributed by atoms with E-state index in [1.165, 1.54) is 0 Å². The molecule has 0 saturated heterocycles. The number of hydrogen-bond acceptors (Lipinski definition) is 4. The minimum Gasteiger partial charge on any atom is -0.275 e. The van der Waals surface area contributed by atoms with E-state index in [-0.39, 0.29) is 0 Å². The molecule has 0 bridgehead atoms. The van der Waals surface area contributed by atoms with E-state index in [9.17, 15) is 0 Å². The maximum absolute atomic E-state index is 6.05. The van der Waals surface area contributed by atoms with Crippen LogP contribution in [-0.4, -0.2) is 29.8 Å². The molecule has 0 saturated carbocycles. The van der Waals surface area contributed by atoms with Gasteiger partial charge in [0.1, 0.15) is 5.69 Å². The summed E-state index contributed by atoms with van der Waals surface area (Å²) in [5.41, 5.74) is 3.16. The van der Waals surface area contributed by atoms with Crippen molar-refractivity contribution in [3.8, 4) is 11.5 Å². The lowest BCUT2D eigenvalue weighted by Crippen LogP contribution is -2.01. The number of aromatic amines is 1. The largest absolute Gasteiger partial charge is 0.275 e. The van der Waals surface area contributed by atoms with Gasteiger partial charge in [-0.2, -0.15) is 5.10 Å². The molecule has 0 radical (unpaired) electrons. The average Bonchev–Trinajstić information content (AvgIpc) is 2.94. The average molecular weight is 249 g/mol. The van der Waals surface area contributed by atoms with Gasteiger partial charge in [-0.15, -0.1) is 10.2 Å². The van der Waals surface area contributed by atoms with Crippen molar-refractivity contribution >= 4 is 17.2 Å². The van der Waals surface area contributed by atoms with E-state index in [1.54, 1.807) is 6.20 Å². The summed E-state index contributed by atoms with van der Waals surface area (Å²) in [6.07, 6.45) is 1.67. The molecule has 3 rings (SSSR count). The van der Waals surface area contributed by atoms with Crippen molar-refractivity contribution in [3.63, 3.8) is 0 Å². The SMILES string of the molecule is Cc1nc(Cl)c2nnc(-c3ccn[nH]3)n2c1C. The van der Waals surface area contributed by atoms with Crippen molar-refractivity contribution in [2.24, 2.45) is 0 Å². The number of rotatable bonds is 1. The third kappa shape index (κ3) is 1.41. The van der Waals surface area contributed by atoms with E-state index in [0.29, 0.717) is 16.6 Å². The van der Waals surface area contributed by atoms with E-state index >= 15 is 0 Å². The van der Waals surface area contributed by atoms with Gasteiger partial charge in [0.25, 0.3) is 0 Å². The number of halogens is 1. The standard InChI is InChI=1S/C10H9ClN6/c1-5-6(2)17-9(7-3-4-12-14-7)15-16-10(17)8(11)13-5/h3-4H,1-2H3,(H,12,14). The normalized spacial score (nSPS) is 11.2.